The maximum Gasteiger partial charge on any atom is 0.139 e. The number of rotatable bonds is 5. The Morgan fingerprint density at radius 3 is 2.45 bits per heavy atom. The van der Waals surface area contributed by atoms with E-state index in [-0.39, 0.29) is 10.6 Å². The minimum Gasteiger partial charge on any atom is -0.497 e. The van der Waals surface area contributed by atoms with Crippen LogP contribution in [0.15, 0.2) is 53.4 Å². The molecule has 0 bridgehead atoms. The minimum absolute atomic E-state index is 0.174. The van der Waals surface area contributed by atoms with E-state index in [0.717, 1.165) is 11.3 Å². The number of hydrogen-bond donors (Lipinski definition) is 1. The number of halogens is 1. The lowest BCUT2D eigenvalue weighted by Crippen LogP contribution is -2.18. The van der Waals surface area contributed by atoms with Crippen molar-refractivity contribution in [2.45, 2.75) is 10.9 Å². The van der Waals surface area contributed by atoms with Gasteiger partial charge in [0, 0.05) is 11.8 Å². The van der Waals surface area contributed by atoms with Crippen molar-refractivity contribution >= 4 is 10.8 Å². The molecule has 2 aromatic carbocycles. The van der Waals surface area contributed by atoms with Crippen LogP contribution in [0.25, 0.3) is 0 Å². The first kappa shape index (κ1) is 14.7. The van der Waals surface area contributed by atoms with Crippen molar-refractivity contribution in [1.29, 1.82) is 0 Å². The molecule has 20 heavy (non-hydrogen) atoms. The summed E-state index contributed by atoms with van der Waals surface area (Å²) in [5.74, 6) is 0.441. The van der Waals surface area contributed by atoms with Crippen LogP contribution in [0.5, 0.6) is 5.75 Å². The molecule has 2 rings (SSSR count). The molecule has 0 fully saturated rings. The standard InChI is InChI=1S/C15H16FNO2S/c1-19-12-8-6-11(7-9-12)14(17)10-20(18)15-5-3-2-4-13(15)16/h2-9,14H,10,17H2,1H3. The molecule has 0 amide bonds. The summed E-state index contributed by atoms with van der Waals surface area (Å²) >= 11 is 0. The normalized spacial score (nSPS) is 13.8. The first-order valence-electron chi connectivity index (χ1n) is 6.14. The van der Waals surface area contributed by atoms with Gasteiger partial charge in [0.05, 0.1) is 22.8 Å². The number of ether oxygens (including phenoxy) is 1. The highest BCUT2D eigenvalue weighted by Gasteiger charge is 2.15. The highest BCUT2D eigenvalue weighted by atomic mass is 32.2. The molecule has 0 aromatic heterocycles. The second kappa shape index (κ2) is 6.63. The first-order chi connectivity index (χ1) is 9.61. The lowest BCUT2D eigenvalue weighted by atomic mass is 10.1. The van der Waals surface area contributed by atoms with Crippen molar-refractivity contribution in [3.05, 3.63) is 59.9 Å². The summed E-state index contributed by atoms with van der Waals surface area (Å²) in [5.41, 5.74) is 6.86. The topological polar surface area (TPSA) is 52.3 Å². The van der Waals surface area contributed by atoms with Gasteiger partial charge in [-0.05, 0) is 29.8 Å². The molecule has 0 heterocycles. The molecule has 0 saturated heterocycles. The van der Waals surface area contributed by atoms with Gasteiger partial charge in [0.25, 0.3) is 0 Å². The summed E-state index contributed by atoms with van der Waals surface area (Å²) in [5, 5.41) is 0. The van der Waals surface area contributed by atoms with Crippen LogP contribution in [-0.4, -0.2) is 17.1 Å². The number of hydrogen-bond acceptors (Lipinski definition) is 3. The summed E-state index contributed by atoms with van der Waals surface area (Å²) in [6, 6.07) is 12.9. The van der Waals surface area contributed by atoms with Crippen molar-refractivity contribution in [2.24, 2.45) is 5.73 Å². The highest BCUT2D eigenvalue weighted by molar-refractivity contribution is 7.85. The zero-order valence-corrected chi connectivity index (χ0v) is 11.9. The van der Waals surface area contributed by atoms with Crippen molar-refractivity contribution < 1.29 is 13.3 Å². The Hall–Kier alpha value is -1.72. The van der Waals surface area contributed by atoms with Crippen LogP contribution in [0.3, 0.4) is 0 Å². The fraction of sp³-hybridized carbons (Fsp3) is 0.200. The summed E-state index contributed by atoms with van der Waals surface area (Å²) < 4.78 is 30.7. The van der Waals surface area contributed by atoms with E-state index in [1.54, 1.807) is 31.4 Å². The Labute approximate surface area is 120 Å². The minimum atomic E-state index is -1.46. The average Bonchev–Trinajstić information content (AvgIpc) is 2.47. The van der Waals surface area contributed by atoms with Gasteiger partial charge in [0.1, 0.15) is 11.6 Å². The molecule has 0 radical (unpaired) electrons. The predicted molar refractivity (Wildman–Crippen MR) is 77.6 cm³/mol. The van der Waals surface area contributed by atoms with Gasteiger partial charge < -0.3 is 10.5 Å². The molecule has 2 N–H and O–H groups in total. The summed E-state index contributed by atoms with van der Waals surface area (Å²) in [6.45, 7) is 0. The molecule has 3 nitrogen and oxygen atoms in total. The molecule has 0 saturated carbocycles. The van der Waals surface area contributed by atoms with Gasteiger partial charge in [0.15, 0.2) is 0 Å². The van der Waals surface area contributed by atoms with Gasteiger partial charge in [-0.2, -0.15) is 0 Å². The quantitative estimate of drug-likeness (QED) is 0.922. The lowest BCUT2D eigenvalue weighted by molar-refractivity contribution is 0.414. The fourth-order valence-electron chi connectivity index (χ4n) is 1.83. The number of methoxy groups -OCH3 is 1. The van der Waals surface area contributed by atoms with Crippen molar-refractivity contribution in [3.8, 4) is 5.75 Å². The Kier molecular flexibility index (Phi) is 4.87. The van der Waals surface area contributed by atoms with Crippen molar-refractivity contribution in [3.63, 3.8) is 0 Å². The SMILES string of the molecule is COc1ccc(C(N)CS(=O)c2ccccc2F)cc1. The molecule has 0 aliphatic rings. The molecule has 2 aromatic rings. The van der Waals surface area contributed by atoms with Crippen LogP contribution in [0.2, 0.25) is 0 Å². The van der Waals surface area contributed by atoms with Crippen LogP contribution in [0, 0.1) is 5.82 Å². The van der Waals surface area contributed by atoms with Gasteiger partial charge in [-0.15, -0.1) is 0 Å². The second-order valence-electron chi connectivity index (χ2n) is 4.32. The Morgan fingerprint density at radius 2 is 1.85 bits per heavy atom. The molecule has 5 heteroatoms. The van der Waals surface area contributed by atoms with Crippen LogP contribution in [0.4, 0.5) is 4.39 Å². The Bertz CT molecular complexity index is 601. The first-order valence-corrected chi connectivity index (χ1v) is 7.46. The van der Waals surface area contributed by atoms with Gasteiger partial charge in [0.2, 0.25) is 0 Å². The molecule has 0 aliphatic heterocycles. The zero-order chi connectivity index (χ0) is 14.5. The summed E-state index contributed by atoms with van der Waals surface area (Å²) in [7, 11) is 0.122. The summed E-state index contributed by atoms with van der Waals surface area (Å²) in [6.07, 6.45) is 0. The van der Waals surface area contributed by atoms with Crippen LogP contribution >= 0.6 is 0 Å². The van der Waals surface area contributed by atoms with Crippen LogP contribution < -0.4 is 10.5 Å². The third-order valence-corrected chi connectivity index (χ3v) is 4.44. The van der Waals surface area contributed by atoms with Crippen LogP contribution in [-0.2, 0) is 10.8 Å². The van der Waals surface area contributed by atoms with E-state index in [4.69, 9.17) is 10.5 Å². The molecule has 106 valence electrons. The zero-order valence-electron chi connectivity index (χ0n) is 11.1. The van der Waals surface area contributed by atoms with Gasteiger partial charge >= 0.3 is 0 Å². The summed E-state index contributed by atoms with van der Waals surface area (Å²) in [4.78, 5) is 0.191. The van der Waals surface area contributed by atoms with Gasteiger partial charge in [-0.1, -0.05) is 24.3 Å². The van der Waals surface area contributed by atoms with Gasteiger partial charge in [-0.3, -0.25) is 4.21 Å². The lowest BCUT2D eigenvalue weighted by Gasteiger charge is -2.12. The van der Waals surface area contributed by atoms with Crippen LogP contribution in [0.1, 0.15) is 11.6 Å². The largest absolute Gasteiger partial charge is 0.497 e. The van der Waals surface area contributed by atoms with Crippen molar-refractivity contribution in [2.75, 3.05) is 12.9 Å². The second-order valence-corrected chi connectivity index (χ2v) is 5.79. The third kappa shape index (κ3) is 3.43. The highest BCUT2D eigenvalue weighted by Crippen LogP contribution is 2.19. The predicted octanol–water partition coefficient (Wildman–Crippen LogP) is 2.64. The Morgan fingerprint density at radius 1 is 1.20 bits per heavy atom. The van der Waals surface area contributed by atoms with E-state index >= 15 is 0 Å². The molecular formula is C15H16FNO2S. The van der Waals surface area contributed by atoms with E-state index in [2.05, 4.69) is 0 Å². The maximum atomic E-state index is 13.5. The molecule has 0 aliphatic carbocycles. The maximum absolute atomic E-state index is 13.5. The van der Waals surface area contributed by atoms with E-state index in [9.17, 15) is 8.60 Å². The van der Waals surface area contributed by atoms with E-state index in [1.165, 1.54) is 12.1 Å². The van der Waals surface area contributed by atoms with Gasteiger partial charge in [-0.25, -0.2) is 4.39 Å². The number of benzene rings is 2. The van der Waals surface area contributed by atoms with E-state index in [0.29, 0.717) is 0 Å². The molecule has 2 atom stereocenters. The van der Waals surface area contributed by atoms with E-state index in [1.807, 2.05) is 12.1 Å². The van der Waals surface area contributed by atoms with Crippen molar-refractivity contribution in [1.82, 2.24) is 0 Å². The molecular weight excluding hydrogens is 277 g/mol. The monoisotopic (exact) mass is 293 g/mol. The molecule has 0 spiro atoms. The number of nitrogens with two attached hydrogens (primary N) is 1. The van der Waals surface area contributed by atoms with E-state index < -0.39 is 22.7 Å². The Balaban J connectivity index is 2.09. The fourth-order valence-corrected chi connectivity index (χ4v) is 3.04. The third-order valence-electron chi connectivity index (χ3n) is 2.96. The molecule has 2 unspecified atom stereocenters. The smallest absolute Gasteiger partial charge is 0.139 e. The average molecular weight is 293 g/mol.